The lowest BCUT2D eigenvalue weighted by molar-refractivity contribution is 0.0140. The largest absolute Gasteiger partial charge is 0.390 e. The van der Waals surface area contributed by atoms with Crippen LogP contribution in [0, 0.1) is 0 Å². The van der Waals surface area contributed by atoms with Crippen molar-refractivity contribution in [3.63, 3.8) is 0 Å². The molecule has 2 unspecified atom stereocenters. The molecule has 0 aliphatic rings. The van der Waals surface area contributed by atoms with Crippen molar-refractivity contribution < 1.29 is 18.6 Å². The SMILES string of the molecule is CNCCC(O)C(O)c1ccc(S(N)(=O)=O)cc1. The summed E-state index contributed by atoms with van der Waals surface area (Å²) < 4.78 is 22.1. The Hall–Kier alpha value is -0.990. The molecule has 2 atom stereocenters. The molecule has 0 aromatic heterocycles. The molecule has 5 N–H and O–H groups in total. The van der Waals surface area contributed by atoms with Gasteiger partial charge in [-0.1, -0.05) is 12.1 Å². The zero-order valence-electron chi connectivity index (χ0n) is 10.1. The van der Waals surface area contributed by atoms with Crippen LogP contribution in [0.1, 0.15) is 18.1 Å². The lowest BCUT2D eigenvalue weighted by Crippen LogP contribution is -2.23. The summed E-state index contributed by atoms with van der Waals surface area (Å²) in [5.74, 6) is 0. The summed E-state index contributed by atoms with van der Waals surface area (Å²) in [6, 6.07) is 5.48. The summed E-state index contributed by atoms with van der Waals surface area (Å²) in [6.07, 6.45) is -1.56. The van der Waals surface area contributed by atoms with E-state index in [1.807, 2.05) is 0 Å². The fourth-order valence-electron chi connectivity index (χ4n) is 1.53. The number of benzene rings is 1. The van der Waals surface area contributed by atoms with Crippen LogP contribution in [0.4, 0.5) is 0 Å². The standard InChI is InChI=1S/C11H18N2O4S/c1-13-7-6-10(14)11(15)8-2-4-9(5-3-8)18(12,16)17/h2-5,10-11,13-15H,6-7H2,1H3,(H2,12,16,17). The minimum Gasteiger partial charge on any atom is -0.390 e. The van der Waals surface area contributed by atoms with E-state index < -0.39 is 22.2 Å². The maximum absolute atomic E-state index is 11.0. The molecule has 0 bridgehead atoms. The van der Waals surface area contributed by atoms with Crippen molar-refractivity contribution in [2.45, 2.75) is 23.5 Å². The van der Waals surface area contributed by atoms with E-state index in [1.54, 1.807) is 7.05 Å². The Morgan fingerprint density at radius 2 is 1.83 bits per heavy atom. The molecule has 0 aliphatic carbocycles. The summed E-state index contributed by atoms with van der Waals surface area (Å²) in [7, 11) is -1.98. The minimum absolute atomic E-state index is 0.0248. The summed E-state index contributed by atoms with van der Waals surface area (Å²) >= 11 is 0. The molecule has 0 radical (unpaired) electrons. The first-order valence-electron chi connectivity index (χ1n) is 5.49. The van der Waals surface area contributed by atoms with Crippen LogP contribution in [0.25, 0.3) is 0 Å². The molecule has 102 valence electrons. The van der Waals surface area contributed by atoms with Gasteiger partial charge < -0.3 is 15.5 Å². The van der Waals surface area contributed by atoms with Crippen molar-refractivity contribution in [3.8, 4) is 0 Å². The van der Waals surface area contributed by atoms with Gasteiger partial charge in [0.25, 0.3) is 0 Å². The van der Waals surface area contributed by atoms with Crippen LogP contribution < -0.4 is 10.5 Å². The highest BCUT2D eigenvalue weighted by atomic mass is 32.2. The van der Waals surface area contributed by atoms with E-state index >= 15 is 0 Å². The Bertz CT molecular complexity index is 472. The van der Waals surface area contributed by atoms with Gasteiger partial charge in [-0.05, 0) is 37.7 Å². The van der Waals surface area contributed by atoms with E-state index in [4.69, 9.17) is 5.14 Å². The molecular formula is C11H18N2O4S. The van der Waals surface area contributed by atoms with Crippen LogP contribution in [0.2, 0.25) is 0 Å². The molecule has 0 saturated carbocycles. The minimum atomic E-state index is -3.73. The van der Waals surface area contributed by atoms with Gasteiger partial charge in [0.05, 0.1) is 11.0 Å². The second-order valence-electron chi connectivity index (χ2n) is 4.02. The van der Waals surface area contributed by atoms with Gasteiger partial charge in [0.15, 0.2) is 0 Å². The first kappa shape index (κ1) is 15.1. The Balaban J connectivity index is 2.79. The van der Waals surface area contributed by atoms with Crippen LogP contribution in [-0.4, -0.2) is 38.3 Å². The Morgan fingerprint density at radius 1 is 1.28 bits per heavy atom. The summed E-state index contributed by atoms with van der Waals surface area (Å²) in [5, 5.41) is 27.4. The predicted octanol–water partition coefficient (Wildman–Crippen LogP) is -0.662. The van der Waals surface area contributed by atoms with Crippen molar-refractivity contribution in [3.05, 3.63) is 29.8 Å². The number of hydrogen-bond donors (Lipinski definition) is 4. The highest BCUT2D eigenvalue weighted by Crippen LogP contribution is 2.20. The average molecular weight is 274 g/mol. The van der Waals surface area contributed by atoms with Crippen molar-refractivity contribution in [1.82, 2.24) is 5.32 Å². The van der Waals surface area contributed by atoms with E-state index in [0.717, 1.165) is 0 Å². The second-order valence-corrected chi connectivity index (χ2v) is 5.58. The van der Waals surface area contributed by atoms with Gasteiger partial charge in [0.1, 0.15) is 6.10 Å². The molecule has 1 aromatic carbocycles. The second kappa shape index (κ2) is 6.26. The quantitative estimate of drug-likeness (QED) is 0.550. The number of nitrogens with two attached hydrogens (primary N) is 1. The van der Waals surface area contributed by atoms with Gasteiger partial charge in [-0.25, -0.2) is 13.6 Å². The third-order valence-corrected chi connectivity index (χ3v) is 3.53. The van der Waals surface area contributed by atoms with Crippen molar-refractivity contribution >= 4 is 10.0 Å². The van der Waals surface area contributed by atoms with Crippen LogP contribution in [-0.2, 0) is 10.0 Å². The van der Waals surface area contributed by atoms with Gasteiger partial charge in [0.2, 0.25) is 10.0 Å². The fourth-order valence-corrected chi connectivity index (χ4v) is 2.04. The van der Waals surface area contributed by atoms with Gasteiger partial charge in [0, 0.05) is 0 Å². The summed E-state index contributed by atoms with van der Waals surface area (Å²) in [6.45, 7) is 0.577. The number of aliphatic hydroxyl groups excluding tert-OH is 2. The van der Waals surface area contributed by atoms with Crippen LogP contribution in [0.15, 0.2) is 29.2 Å². The lowest BCUT2D eigenvalue weighted by atomic mass is 10.0. The zero-order valence-corrected chi connectivity index (χ0v) is 10.9. The van der Waals surface area contributed by atoms with E-state index in [2.05, 4.69) is 5.32 Å². The maximum Gasteiger partial charge on any atom is 0.238 e. The first-order valence-corrected chi connectivity index (χ1v) is 7.04. The number of sulfonamides is 1. The smallest absolute Gasteiger partial charge is 0.238 e. The Labute approximate surface area is 106 Å². The van der Waals surface area contributed by atoms with E-state index in [0.29, 0.717) is 18.5 Å². The van der Waals surface area contributed by atoms with Gasteiger partial charge in [-0.3, -0.25) is 0 Å². The Kier molecular flexibility index (Phi) is 5.24. The van der Waals surface area contributed by atoms with Gasteiger partial charge in [-0.15, -0.1) is 0 Å². The molecule has 1 rings (SSSR count). The van der Waals surface area contributed by atoms with Gasteiger partial charge in [-0.2, -0.15) is 0 Å². The number of nitrogens with one attached hydrogen (secondary N) is 1. The maximum atomic E-state index is 11.0. The molecule has 0 saturated heterocycles. The number of hydrogen-bond acceptors (Lipinski definition) is 5. The number of rotatable bonds is 6. The average Bonchev–Trinajstić information content (AvgIpc) is 2.34. The summed E-state index contributed by atoms with van der Waals surface area (Å²) in [5.41, 5.74) is 0.450. The van der Waals surface area contributed by atoms with Crippen molar-refractivity contribution in [2.24, 2.45) is 5.14 Å². The molecule has 0 aliphatic heterocycles. The van der Waals surface area contributed by atoms with E-state index in [9.17, 15) is 18.6 Å². The topological polar surface area (TPSA) is 113 Å². The van der Waals surface area contributed by atoms with E-state index in [1.165, 1.54) is 24.3 Å². The number of aliphatic hydroxyl groups is 2. The predicted molar refractivity (Wildman–Crippen MR) is 67.3 cm³/mol. The summed E-state index contributed by atoms with van der Waals surface area (Å²) in [4.78, 5) is -0.0248. The van der Waals surface area contributed by atoms with Crippen molar-refractivity contribution in [1.29, 1.82) is 0 Å². The number of primary sulfonamides is 1. The van der Waals surface area contributed by atoms with Gasteiger partial charge >= 0.3 is 0 Å². The van der Waals surface area contributed by atoms with Crippen molar-refractivity contribution in [2.75, 3.05) is 13.6 Å². The molecule has 0 heterocycles. The first-order chi connectivity index (χ1) is 8.36. The molecular weight excluding hydrogens is 256 g/mol. The third-order valence-electron chi connectivity index (χ3n) is 2.60. The van der Waals surface area contributed by atoms with E-state index in [-0.39, 0.29) is 4.90 Å². The Morgan fingerprint density at radius 3 is 2.28 bits per heavy atom. The van der Waals surface area contributed by atoms with Crippen LogP contribution >= 0.6 is 0 Å². The lowest BCUT2D eigenvalue weighted by Gasteiger charge is -2.18. The highest BCUT2D eigenvalue weighted by molar-refractivity contribution is 7.89. The molecule has 0 amide bonds. The molecule has 7 heteroatoms. The molecule has 0 spiro atoms. The normalized spacial score (nSPS) is 15.3. The molecule has 0 fully saturated rings. The highest BCUT2D eigenvalue weighted by Gasteiger charge is 2.18. The molecule has 6 nitrogen and oxygen atoms in total. The fraction of sp³-hybridized carbons (Fsp3) is 0.455. The zero-order chi connectivity index (χ0) is 13.8. The third kappa shape index (κ3) is 4.04. The molecule has 18 heavy (non-hydrogen) atoms. The van der Waals surface area contributed by atoms with Crippen LogP contribution in [0.5, 0.6) is 0 Å². The molecule has 1 aromatic rings. The van der Waals surface area contributed by atoms with Crippen LogP contribution in [0.3, 0.4) is 0 Å². The monoisotopic (exact) mass is 274 g/mol.